The number of fused-ring (bicyclic) bond motifs is 2. The fraction of sp³-hybridized carbons (Fsp3) is 0.207. The molecule has 0 aliphatic carbocycles. The molecule has 3 aromatic carbocycles. The lowest BCUT2D eigenvalue weighted by molar-refractivity contribution is -0.137. The molecular formula is C29H21F3N2O4S2. The zero-order chi connectivity index (χ0) is 28.2. The Morgan fingerprint density at radius 1 is 0.950 bits per heavy atom. The Hall–Kier alpha value is -3.83. The van der Waals surface area contributed by atoms with Crippen LogP contribution in [0.3, 0.4) is 0 Å². The second-order valence-corrected chi connectivity index (χ2v) is 11.8. The molecule has 3 heterocycles. The third-order valence-corrected chi connectivity index (χ3v) is 9.43. The fourth-order valence-electron chi connectivity index (χ4n) is 5.14. The summed E-state index contributed by atoms with van der Waals surface area (Å²) in [6.45, 7) is 2.24. The maximum Gasteiger partial charge on any atom is 0.416 e. The van der Waals surface area contributed by atoms with Crippen LogP contribution in [0.15, 0.2) is 82.6 Å². The second kappa shape index (κ2) is 9.97. The Balaban J connectivity index is 1.41. The number of thiazole rings is 1. The van der Waals surface area contributed by atoms with Gasteiger partial charge in [-0.05, 0) is 36.8 Å². The van der Waals surface area contributed by atoms with Crippen LogP contribution in [-0.2, 0) is 22.4 Å². The highest BCUT2D eigenvalue weighted by atomic mass is 32.2. The van der Waals surface area contributed by atoms with E-state index in [1.807, 2.05) is 31.2 Å². The summed E-state index contributed by atoms with van der Waals surface area (Å²) < 4.78 is 46.5. The van der Waals surface area contributed by atoms with Crippen molar-refractivity contribution in [3.63, 3.8) is 0 Å². The van der Waals surface area contributed by atoms with Crippen LogP contribution in [0.4, 0.5) is 18.9 Å². The van der Waals surface area contributed by atoms with Gasteiger partial charge in [-0.1, -0.05) is 77.2 Å². The van der Waals surface area contributed by atoms with Crippen LogP contribution in [0.5, 0.6) is 5.75 Å². The summed E-state index contributed by atoms with van der Waals surface area (Å²) in [5.41, 5.74) is 1.57. The fourth-order valence-corrected chi connectivity index (χ4v) is 7.65. The third kappa shape index (κ3) is 4.62. The lowest BCUT2D eigenvalue weighted by Crippen LogP contribution is -2.32. The predicted molar refractivity (Wildman–Crippen MR) is 146 cm³/mol. The van der Waals surface area contributed by atoms with Crippen molar-refractivity contribution < 1.29 is 27.5 Å². The van der Waals surface area contributed by atoms with Gasteiger partial charge in [0, 0.05) is 16.4 Å². The van der Waals surface area contributed by atoms with E-state index in [0.717, 1.165) is 51.3 Å². The molecule has 1 aromatic heterocycles. The Morgan fingerprint density at radius 3 is 2.45 bits per heavy atom. The van der Waals surface area contributed by atoms with E-state index in [2.05, 4.69) is 4.98 Å². The van der Waals surface area contributed by atoms with Crippen LogP contribution in [0.2, 0.25) is 0 Å². The van der Waals surface area contributed by atoms with Crippen LogP contribution in [0.25, 0.3) is 0 Å². The monoisotopic (exact) mass is 582 g/mol. The predicted octanol–water partition coefficient (Wildman–Crippen LogP) is 6.14. The molecule has 0 radical (unpaired) electrons. The standard InChI is InChI=1S/C29H21F3N2O4S2/c1-15-9-11-16(12-10-15)14-38-20-8-3-2-7-19(20)21-22-24(39-25-23(21)40-28(37)33-25)27(36)34(26(22)35)18-6-4-5-17(13-18)29(30,31)32/h2-13,21-22,24H,14H2,1H3,(H,33,37)/t21-,22-,24+/m0/s1. The summed E-state index contributed by atoms with van der Waals surface area (Å²) in [5, 5.41) is -0.462. The first-order chi connectivity index (χ1) is 19.1. The van der Waals surface area contributed by atoms with Gasteiger partial charge < -0.3 is 9.72 Å². The number of hydrogen-bond acceptors (Lipinski definition) is 6. The molecule has 1 saturated heterocycles. The van der Waals surface area contributed by atoms with Crippen molar-refractivity contribution >= 4 is 40.6 Å². The number of H-pyrrole nitrogens is 1. The number of carbonyl (C=O) groups is 2. The van der Waals surface area contributed by atoms with E-state index in [0.29, 0.717) is 21.2 Å². The SMILES string of the molecule is Cc1ccc(COc2ccccc2[C@@H]2c3sc(=O)[nH]c3S[C@H]3C(=O)N(c4cccc(C(F)(F)F)c4)C(=O)[C@@H]23)cc1. The van der Waals surface area contributed by atoms with Crippen molar-refractivity contribution in [2.45, 2.75) is 35.9 Å². The Kier molecular flexibility index (Phi) is 6.58. The van der Waals surface area contributed by atoms with Crippen LogP contribution in [-0.4, -0.2) is 22.0 Å². The minimum Gasteiger partial charge on any atom is -0.489 e. The summed E-state index contributed by atoms with van der Waals surface area (Å²) >= 11 is 2.02. The number of ether oxygens (including phenoxy) is 1. The average molecular weight is 583 g/mol. The van der Waals surface area contributed by atoms with Crippen molar-refractivity contribution in [2.75, 3.05) is 4.90 Å². The molecule has 2 aliphatic heterocycles. The number of halogens is 3. The van der Waals surface area contributed by atoms with Crippen LogP contribution >= 0.6 is 23.1 Å². The van der Waals surface area contributed by atoms with E-state index in [1.54, 1.807) is 24.3 Å². The van der Waals surface area contributed by atoms with Crippen LogP contribution in [0, 0.1) is 12.8 Å². The average Bonchev–Trinajstić information content (AvgIpc) is 3.42. The van der Waals surface area contributed by atoms with E-state index in [4.69, 9.17) is 4.74 Å². The maximum absolute atomic E-state index is 13.9. The van der Waals surface area contributed by atoms with Gasteiger partial charge in [0.25, 0.3) is 0 Å². The van der Waals surface area contributed by atoms with Gasteiger partial charge in [0.05, 0.1) is 22.2 Å². The van der Waals surface area contributed by atoms with Gasteiger partial charge in [0.1, 0.15) is 17.6 Å². The van der Waals surface area contributed by atoms with E-state index >= 15 is 0 Å². The molecule has 1 fully saturated rings. The number of nitrogens with zero attached hydrogens (tertiary/aromatic N) is 1. The molecule has 40 heavy (non-hydrogen) atoms. The zero-order valence-corrected chi connectivity index (χ0v) is 22.5. The number of nitrogens with one attached hydrogen (secondary N) is 1. The highest BCUT2D eigenvalue weighted by Gasteiger charge is 2.57. The summed E-state index contributed by atoms with van der Waals surface area (Å²) in [7, 11) is 0. The van der Waals surface area contributed by atoms with Crippen molar-refractivity contribution in [1.82, 2.24) is 4.98 Å². The van der Waals surface area contributed by atoms with E-state index in [1.165, 1.54) is 12.1 Å². The van der Waals surface area contributed by atoms with Gasteiger partial charge in [-0.15, -0.1) is 0 Å². The van der Waals surface area contributed by atoms with Gasteiger partial charge in [0.15, 0.2) is 0 Å². The molecule has 0 bridgehead atoms. The maximum atomic E-state index is 13.9. The summed E-state index contributed by atoms with van der Waals surface area (Å²) in [4.78, 5) is 43.8. The molecule has 6 nitrogen and oxygen atoms in total. The molecule has 0 unspecified atom stereocenters. The molecule has 3 atom stereocenters. The number of anilines is 1. The van der Waals surface area contributed by atoms with Gasteiger partial charge >= 0.3 is 11.0 Å². The van der Waals surface area contributed by atoms with Crippen molar-refractivity contribution in [3.8, 4) is 5.75 Å². The van der Waals surface area contributed by atoms with Gasteiger partial charge in [0.2, 0.25) is 11.8 Å². The Bertz CT molecular complexity index is 1680. The highest BCUT2D eigenvalue weighted by Crippen LogP contribution is 2.54. The Labute approximate surface area is 234 Å². The van der Waals surface area contributed by atoms with E-state index < -0.39 is 40.6 Å². The molecule has 6 rings (SSSR count). The highest BCUT2D eigenvalue weighted by molar-refractivity contribution is 8.00. The lowest BCUT2D eigenvalue weighted by atomic mass is 9.82. The number of rotatable bonds is 5. The largest absolute Gasteiger partial charge is 0.489 e. The molecule has 204 valence electrons. The normalized spacial score (nSPS) is 20.4. The first-order valence-corrected chi connectivity index (χ1v) is 14.0. The topological polar surface area (TPSA) is 79.5 Å². The third-order valence-electron chi connectivity index (χ3n) is 7.02. The summed E-state index contributed by atoms with van der Waals surface area (Å²) in [6.07, 6.45) is -4.64. The number of aryl methyl sites for hydroxylation is 1. The first kappa shape index (κ1) is 26.4. The summed E-state index contributed by atoms with van der Waals surface area (Å²) in [6, 6.07) is 19.2. The lowest BCUT2D eigenvalue weighted by Gasteiger charge is -2.30. The minimum absolute atomic E-state index is 0.140. The zero-order valence-electron chi connectivity index (χ0n) is 20.9. The summed E-state index contributed by atoms with van der Waals surface area (Å²) in [5.74, 6) is -2.42. The number of thioether (sulfide) groups is 1. The van der Waals surface area contributed by atoms with Crippen LogP contribution < -0.4 is 14.5 Å². The number of aromatic amines is 1. The molecular weight excluding hydrogens is 561 g/mol. The smallest absolute Gasteiger partial charge is 0.416 e. The number of aromatic nitrogens is 1. The number of para-hydroxylation sites is 1. The van der Waals surface area contributed by atoms with Gasteiger partial charge in [-0.25, -0.2) is 4.90 Å². The Morgan fingerprint density at radius 2 is 1.70 bits per heavy atom. The quantitative estimate of drug-likeness (QED) is 0.286. The molecule has 11 heteroatoms. The van der Waals surface area contributed by atoms with Crippen LogP contribution in [0.1, 0.15) is 33.0 Å². The minimum atomic E-state index is -4.64. The molecule has 2 amide bonds. The van der Waals surface area contributed by atoms with Gasteiger partial charge in [-0.3, -0.25) is 14.4 Å². The number of hydrogen-bond donors (Lipinski definition) is 1. The first-order valence-electron chi connectivity index (χ1n) is 12.3. The van der Waals surface area contributed by atoms with Crippen molar-refractivity contribution in [2.24, 2.45) is 5.92 Å². The number of carbonyl (C=O) groups excluding carboxylic acids is 2. The number of imide groups is 1. The van der Waals surface area contributed by atoms with Crippen molar-refractivity contribution in [1.29, 1.82) is 0 Å². The molecule has 4 aromatic rings. The second-order valence-electron chi connectivity index (χ2n) is 9.62. The van der Waals surface area contributed by atoms with Gasteiger partial charge in [-0.2, -0.15) is 13.2 Å². The van der Waals surface area contributed by atoms with Crippen molar-refractivity contribution in [3.05, 3.63) is 110 Å². The molecule has 2 aliphatic rings. The number of alkyl halides is 3. The van der Waals surface area contributed by atoms with E-state index in [-0.39, 0.29) is 17.2 Å². The molecule has 0 saturated carbocycles. The number of amides is 2. The van der Waals surface area contributed by atoms with E-state index in [9.17, 15) is 27.6 Å². The molecule has 0 spiro atoms. The number of benzene rings is 3. The molecule has 1 N–H and O–H groups in total.